The van der Waals surface area contributed by atoms with Crippen molar-refractivity contribution in [1.82, 2.24) is 0 Å². The van der Waals surface area contributed by atoms with Crippen LogP contribution in [-0.4, -0.2) is 39.0 Å². The molecule has 0 fully saturated rings. The molecule has 1 aliphatic heterocycles. The maximum atomic E-state index is 11.2. The van der Waals surface area contributed by atoms with Gasteiger partial charge in [-0.3, -0.25) is 4.79 Å². The van der Waals surface area contributed by atoms with Crippen molar-refractivity contribution in [2.24, 2.45) is 5.41 Å². The molecule has 6 heteroatoms. The lowest BCUT2D eigenvalue weighted by Gasteiger charge is -2.25. The number of rotatable bonds is 6. The van der Waals surface area contributed by atoms with Gasteiger partial charge in [-0.1, -0.05) is 6.92 Å². The smallest absolute Gasteiger partial charge is 0.308 e. The first-order valence-electron chi connectivity index (χ1n) is 6.68. The SMILES string of the molecule is CCOC(=O)CCOCC1(C)COc2cscc2OC1. The summed E-state index contributed by atoms with van der Waals surface area (Å²) in [5.74, 6) is 1.36. The van der Waals surface area contributed by atoms with Gasteiger partial charge in [0.1, 0.15) is 0 Å². The molecule has 2 rings (SSSR count). The molecule has 0 bridgehead atoms. The lowest BCUT2D eigenvalue weighted by atomic mass is 9.94. The van der Waals surface area contributed by atoms with Crippen LogP contribution in [0.3, 0.4) is 0 Å². The molecule has 0 radical (unpaired) electrons. The van der Waals surface area contributed by atoms with E-state index < -0.39 is 0 Å². The predicted octanol–water partition coefficient (Wildman–Crippen LogP) is 2.50. The van der Waals surface area contributed by atoms with Crippen LogP contribution in [0.25, 0.3) is 0 Å². The highest BCUT2D eigenvalue weighted by molar-refractivity contribution is 7.08. The second kappa shape index (κ2) is 6.95. The molecule has 0 saturated carbocycles. The Labute approximate surface area is 122 Å². The largest absolute Gasteiger partial charge is 0.488 e. The van der Waals surface area contributed by atoms with Crippen LogP contribution in [0.2, 0.25) is 0 Å². The normalized spacial score (nSPS) is 16.5. The number of hydrogen-bond acceptors (Lipinski definition) is 6. The van der Waals surface area contributed by atoms with Crippen LogP contribution in [-0.2, 0) is 14.3 Å². The Bertz CT molecular complexity index is 420. The Morgan fingerprint density at radius 3 is 2.60 bits per heavy atom. The van der Waals surface area contributed by atoms with Crippen molar-refractivity contribution in [3.63, 3.8) is 0 Å². The van der Waals surface area contributed by atoms with E-state index in [1.807, 2.05) is 17.7 Å². The van der Waals surface area contributed by atoms with Gasteiger partial charge in [0.05, 0.1) is 44.9 Å². The van der Waals surface area contributed by atoms with Gasteiger partial charge in [-0.15, -0.1) is 11.3 Å². The van der Waals surface area contributed by atoms with Crippen LogP contribution in [0.4, 0.5) is 0 Å². The Morgan fingerprint density at radius 1 is 1.35 bits per heavy atom. The molecule has 0 amide bonds. The lowest BCUT2D eigenvalue weighted by Crippen LogP contribution is -2.35. The maximum absolute atomic E-state index is 11.2. The molecule has 112 valence electrons. The van der Waals surface area contributed by atoms with E-state index in [1.54, 1.807) is 18.3 Å². The van der Waals surface area contributed by atoms with E-state index in [1.165, 1.54) is 0 Å². The molecule has 0 unspecified atom stereocenters. The number of carbonyl (C=O) groups is 1. The van der Waals surface area contributed by atoms with Gasteiger partial charge in [0.2, 0.25) is 0 Å². The zero-order chi connectivity index (χ0) is 14.4. The zero-order valence-corrected chi connectivity index (χ0v) is 12.7. The van der Waals surface area contributed by atoms with Crippen molar-refractivity contribution in [3.8, 4) is 11.5 Å². The third kappa shape index (κ3) is 4.11. The summed E-state index contributed by atoms with van der Waals surface area (Å²) in [6, 6.07) is 0. The fraction of sp³-hybridized carbons (Fsp3) is 0.643. The van der Waals surface area contributed by atoms with Gasteiger partial charge in [0.25, 0.3) is 0 Å². The Kier molecular flexibility index (Phi) is 5.25. The number of hydrogen-bond donors (Lipinski definition) is 0. The first-order chi connectivity index (χ1) is 9.63. The molecule has 0 spiro atoms. The third-order valence-corrected chi connectivity index (χ3v) is 3.65. The monoisotopic (exact) mass is 300 g/mol. The van der Waals surface area contributed by atoms with Crippen LogP contribution in [0, 0.1) is 5.41 Å². The maximum Gasteiger partial charge on any atom is 0.308 e. The fourth-order valence-electron chi connectivity index (χ4n) is 1.82. The average Bonchev–Trinajstić information content (AvgIpc) is 2.82. The minimum absolute atomic E-state index is 0.217. The van der Waals surface area contributed by atoms with E-state index in [4.69, 9.17) is 18.9 Å². The van der Waals surface area contributed by atoms with Gasteiger partial charge in [-0.05, 0) is 6.92 Å². The summed E-state index contributed by atoms with van der Waals surface area (Å²) < 4.78 is 21.9. The standard InChI is InChI=1S/C14H20O5S/c1-3-17-13(15)4-5-16-8-14(2)9-18-11-6-20-7-12(11)19-10-14/h6-7H,3-5,8-10H2,1-2H3. The van der Waals surface area contributed by atoms with Crippen molar-refractivity contribution in [2.75, 3.05) is 33.0 Å². The molecular formula is C14H20O5S. The molecule has 0 atom stereocenters. The molecule has 20 heavy (non-hydrogen) atoms. The van der Waals surface area contributed by atoms with Gasteiger partial charge in [-0.2, -0.15) is 0 Å². The predicted molar refractivity (Wildman–Crippen MR) is 75.5 cm³/mol. The molecule has 0 aliphatic carbocycles. The summed E-state index contributed by atoms with van der Waals surface area (Å²) in [5.41, 5.74) is -0.217. The fourth-order valence-corrected chi connectivity index (χ4v) is 2.50. The van der Waals surface area contributed by atoms with E-state index in [-0.39, 0.29) is 17.8 Å². The van der Waals surface area contributed by atoms with Crippen molar-refractivity contribution in [1.29, 1.82) is 0 Å². The van der Waals surface area contributed by atoms with Crippen LogP contribution in [0.1, 0.15) is 20.3 Å². The van der Waals surface area contributed by atoms with Crippen LogP contribution >= 0.6 is 11.3 Å². The lowest BCUT2D eigenvalue weighted by molar-refractivity contribution is -0.144. The average molecular weight is 300 g/mol. The Morgan fingerprint density at radius 2 is 2.00 bits per heavy atom. The summed E-state index contributed by atoms with van der Waals surface area (Å²) in [7, 11) is 0. The summed E-state index contributed by atoms with van der Waals surface area (Å²) in [6.45, 7) is 6.16. The first kappa shape index (κ1) is 15.1. The number of esters is 1. The summed E-state index contributed by atoms with van der Waals surface area (Å²) in [5, 5.41) is 3.87. The van der Waals surface area contributed by atoms with Crippen LogP contribution in [0.5, 0.6) is 11.5 Å². The zero-order valence-electron chi connectivity index (χ0n) is 11.8. The van der Waals surface area contributed by atoms with Gasteiger partial charge >= 0.3 is 5.97 Å². The topological polar surface area (TPSA) is 54.0 Å². The van der Waals surface area contributed by atoms with Gasteiger partial charge in [-0.25, -0.2) is 0 Å². The van der Waals surface area contributed by atoms with E-state index in [9.17, 15) is 4.79 Å². The Balaban J connectivity index is 1.72. The number of fused-ring (bicyclic) bond motifs is 1. The number of ether oxygens (including phenoxy) is 4. The highest BCUT2D eigenvalue weighted by atomic mass is 32.1. The van der Waals surface area contributed by atoms with E-state index in [2.05, 4.69) is 0 Å². The molecule has 0 aromatic carbocycles. The summed E-state index contributed by atoms with van der Waals surface area (Å²) >= 11 is 1.56. The van der Waals surface area contributed by atoms with E-state index >= 15 is 0 Å². The Hall–Kier alpha value is -1.27. The molecular weight excluding hydrogens is 280 g/mol. The van der Waals surface area contributed by atoms with Crippen LogP contribution < -0.4 is 9.47 Å². The van der Waals surface area contributed by atoms with Crippen molar-refractivity contribution < 1.29 is 23.7 Å². The van der Waals surface area contributed by atoms with Gasteiger partial charge in [0.15, 0.2) is 11.5 Å². The second-order valence-electron chi connectivity index (χ2n) is 5.10. The number of thiophene rings is 1. The highest BCUT2D eigenvalue weighted by Gasteiger charge is 2.31. The molecule has 1 aromatic rings. The number of carbonyl (C=O) groups excluding carboxylic acids is 1. The van der Waals surface area contributed by atoms with Crippen molar-refractivity contribution >= 4 is 17.3 Å². The molecule has 2 heterocycles. The molecule has 1 aliphatic rings. The molecule has 5 nitrogen and oxygen atoms in total. The van der Waals surface area contributed by atoms with Gasteiger partial charge in [0, 0.05) is 10.8 Å². The van der Waals surface area contributed by atoms with E-state index in [0.29, 0.717) is 33.0 Å². The highest BCUT2D eigenvalue weighted by Crippen LogP contribution is 2.36. The van der Waals surface area contributed by atoms with Crippen LogP contribution in [0.15, 0.2) is 10.8 Å². The second-order valence-corrected chi connectivity index (χ2v) is 5.84. The van der Waals surface area contributed by atoms with Gasteiger partial charge < -0.3 is 18.9 Å². The molecule has 0 saturated heterocycles. The minimum Gasteiger partial charge on any atom is -0.488 e. The summed E-state index contributed by atoms with van der Waals surface area (Å²) in [6.07, 6.45) is 0.276. The molecule has 1 aromatic heterocycles. The first-order valence-corrected chi connectivity index (χ1v) is 7.62. The third-order valence-electron chi connectivity index (χ3n) is 2.95. The summed E-state index contributed by atoms with van der Waals surface area (Å²) in [4.78, 5) is 11.2. The van der Waals surface area contributed by atoms with Crippen molar-refractivity contribution in [2.45, 2.75) is 20.3 Å². The quantitative estimate of drug-likeness (QED) is 0.597. The molecule has 0 N–H and O–H groups in total. The minimum atomic E-state index is -0.229. The van der Waals surface area contributed by atoms with E-state index in [0.717, 1.165) is 11.5 Å². The van der Waals surface area contributed by atoms with Crippen molar-refractivity contribution in [3.05, 3.63) is 10.8 Å².